The molecule has 0 aliphatic carbocycles. The molecule has 0 saturated heterocycles. The number of aromatic amines is 1. The molecule has 1 aromatic heterocycles. The molecule has 0 bridgehead atoms. The molecule has 0 spiro atoms. The largest absolute Gasteiger partial charge is 0.435 e. The van der Waals surface area contributed by atoms with E-state index in [0.29, 0.717) is 12.2 Å². The van der Waals surface area contributed by atoms with Crippen molar-refractivity contribution in [1.29, 1.82) is 0 Å². The summed E-state index contributed by atoms with van der Waals surface area (Å²) >= 11 is 0. The van der Waals surface area contributed by atoms with E-state index in [1.807, 2.05) is 0 Å². The van der Waals surface area contributed by atoms with Gasteiger partial charge < -0.3 is 35.7 Å². The van der Waals surface area contributed by atoms with Gasteiger partial charge in [-0.2, -0.15) is 0 Å². The number of anilines is 1. The number of cyclic esters (lactones) is 1. The summed E-state index contributed by atoms with van der Waals surface area (Å²) < 4.78 is 4.33. The zero-order valence-corrected chi connectivity index (χ0v) is 12.5. The van der Waals surface area contributed by atoms with Crippen LogP contribution >= 0.6 is 0 Å². The average molecular weight is 345 g/mol. The third-order valence-corrected chi connectivity index (χ3v) is 2.35. The quantitative estimate of drug-likeness (QED) is 0.242. The van der Waals surface area contributed by atoms with Gasteiger partial charge in [-0.25, -0.2) is 9.78 Å². The lowest BCUT2D eigenvalue weighted by Gasteiger charge is -2.16. The van der Waals surface area contributed by atoms with Gasteiger partial charge in [-0.05, 0) is 12.1 Å². The number of hydrogen-bond donors (Lipinski definition) is 6. The summed E-state index contributed by atoms with van der Waals surface area (Å²) in [4.78, 5) is 35.6. The van der Waals surface area contributed by atoms with E-state index in [1.54, 1.807) is 6.08 Å². The molecule has 0 fully saturated rings. The minimum Gasteiger partial charge on any atom is -0.435 e. The van der Waals surface area contributed by atoms with Crippen LogP contribution in [0.25, 0.3) is 0 Å². The van der Waals surface area contributed by atoms with E-state index in [0.717, 1.165) is 0 Å². The fourth-order valence-electron chi connectivity index (χ4n) is 1.12. The van der Waals surface area contributed by atoms with Crippen LogP contribution in [0.2, 0.25) is 0 Å². The summed E-state index contributed by atoms with van der Waals surface area (Å²) in [6.07, 6.45) is 0.257. The number of carbonyl (C=O) groups excluding carboxylic acids is 2. The molecule has 3 unspecified atom stereocenters. The molecule has 1 aromatic rings. The Balaban J connectivity index is 0.000000340. The highest BCUT2D eigenvalue weighted by Gasteiger charge is 2.22. The van der Waals surface area contributed by atoms with Crippen LogP contribution in [0.1, 0.15) is 6.42 Å². The molecule has 134 valence electrons. The Morgan fingerprint density at radius 1 is 1.38 bits per heavy atom. The zero-order chi connectivity index (χ0) is 18.5. The van der Waals surface area contributed by atoms with E-state index in [4.69, 9.17) is 26.2 Å². The van der Waals surface area contributed by atoms with Gasteiger partial charge in [0.05, 0.1) is 19.3 Å². The van der Waals surface area contributed by atoms with Gasteiger partial charge in [0.15, 0.2) is 6.29 Å². The molecule has 1 aliphatic heterocycles. The second-order valence-corrected chi connectivity index (χ2v) is 4.26. The van der Waals surface area contributed by atoms with Gasteiger partial charge in [0.1, 0.15) is 24.1 Å². The number of aldehydes is 1. The molecule has 0 amide bonds. The third kappa shape index (κ3) is 9.42. The summed E-state index contributed by atoms with van der Waals surface area (Å²) in [7, 11) is 0. The van der Waals surface area contributed by atoms with Crippen LogP contribution in [0.3, 0.4) is 0 Å². The number of aromatic nitrogens is 2. The Hall–Kier alpha value is -2.60. The Morgan fingerprint density at radius 3 is 2.33 bits per heavy atom. The number of nitrogens with zero attached hydrogens (tertiary/aromatic N) is 1. The molecule has 0 radical (unpaired) electrons. The number of aliphatic hydroxyl groups excluding tert-OH is 4. The first-order valence-corrected chi connectivity index (χ1v) is 6.57. The highest BCUT2D eigenvalue weighted by Crippen LogP contribution is 1.97. The molecule has 0 saturated carbocycles. The van der Waals surface area contributed by atoms with Crippen molar-refractivity contribution in [1.82, 2.24) is 9.97 Å². The number of nitrogens with two attached hydrogens (primary N) is 1. The lowest BCUT2D eigenvalue weighted by atomic mass is 10.1. The van der Waals surface area contributed by atoms with E-state index in [2.05, 4.69) is 14.7 Å². The van der Waals surface area contributed by atoms with Crippen molar-refractivity contribution < 1.29 is 34.8 Å². The zero-order valence-electron chi connectivity index (χ0n) is 12.5. The summed E-state index contributed by atoms with van der Waals surface area (Å²) in [5.41, 5.74) is 4.75. The lowest BCUT2D eigenvalue weighted by molar-refractivity contribution is -0.135. The summed E-state index contributed by atoms with van der Waals surface area (Å²) in [5, 5.41) is 34.1. The van der Waals surface area contributed by atoms with Crippen molar-refractivity contribution in [2.24, 2.45) is 0 Å². The SMILES string of the molecule is Nc1ccnc(=O)[nH]1.O=C1CC=CO1.O=CC(O)C(O)C(O)CO. The molecule has 7 N–H and O–H groups in total. The van der Waals surface area contributed by atoms with Crippen LogP contribution in [-0.4, -0.2) is 67.6 Å². The predicted octanol–water partition coefficient (Wildman–Crippen LogP) is -2.94. The fourth-order valence-corrected chi connectivity index (χ4v) is 1.12. The van der Waals surface area contributed by atoms with Crippen LogP contribution < -0.4 is 11.4 Å². The number of hydrogen-bond acceptors (Lipinski definition) is 10. The Bertz CT molecular complexity index is 579. The summed E-state index contributed by atoms with van der Waals surface area (Å²) in [6.45, 7) is -0.688. The van der Waals surface area contributed by atoms with Crippen LogP contribution in [0.15, 0.2) is 29.4 Å². The minimum absolute atomic E-state index is 0.0869. The van der Waals surface area contributed by atoms with Crippen molar-refractivity contribution in [2.75, 3.05) is 12.3 Å². The fraction of sp³-hybridized carbons (Fsp3) is 0.385. The molecule has 24 heavy (non-hydrogen) atoms. The van der Waals surface area contributed by atoms with Gasteiger partial charge >= 0.3 is 11.7 Å². The van der Waals surface area contributed by atoms with Crippen molar-refractivity contribution >= 4 is 18.1 Å². The Kier molecular flexibility index (Phi) is 10.6. The molecule has 3 atom stereocenters. The lowest BCUT2D eigenvalue weighted by Crippen LogP contribution is -2.40. The predicted molar refractivity (Wildman–Crippen MR) is 80.3 cm³/mol. The number of ether oxygens (including phenoxy) is 1. The molecule has 11 nitrogen and oxygen atoms in total. The number of esters is 1. The van der Waals surface area contributed by atoms with E-state index in [-0.39, 0.29) is 12.3 Å². The van der Waals surface area contributed by atoms with Crippen LogP contribution in [0.5, 0.6) is 0 Å². The standard InChI is InChI=1S/C5H10O5.C4H5N3O.C4H4O2/c6-1-3(8)5(10)4(9)2-7;5-3-1-2-6-4(8)7-3;5-4-2-1-3-6-4/h1,3-5,7-10H,2H2;1-2H,(H3,5,6,7,8);1,3H,2H2. The molecular formula is C13H19N3O8. The number of nitrogens with one attached hydrogen (secondary N) is 1. The van der Waals surface area contributed by atoms with Gasteiger partial charge in [0.25, 0.3) is 0 Å². The highest BCUT2D eigenvalue weighted by atomic mass is 16.5. The Labute approximate surface area is 136 Å². The van der Waals surface area contributed by atoms with Crippen molar-refractivity contribution in [3.63, 3.8) is 0 Å². The maximum Gasteiger partial charge on any atom is 0.346 e. The van der Waals surface area contributed by atoms with Gasteiger partial charge in [-0.3, -0.25) is 9.78 Å². The summed E-state index contributed by atoms with van der Waals surface area (Å²) in [6, 6.07) is 1.52. The highest BCUT2D eigenvalue weighted by molar-refractivity contribution is 5.73. The smallest absolute Gasteiger partial charge is 0.346 e. The number of H-pyrrole nitrogens is 1. The second kappa shape index (κ2) is 11.9. The minimum atomic E-state index is -1.64. The van der Waals surface area contributed by atoms with Gasteiger partial charge in [-0.1, -0.05) is 0 Å². The van der Waals surface area contributed by atoms with E-state index in [1.165, 1.54) is 18.5 Å². The first kappa shape index (κ1) is 21.4. The van der Waals surface area contributed by atoms with E-state index >= 15 is 0 Å². The molecule has 2 heterocycles. The second-order valence-electron chi connectivity index (χ2n) is 4.26. The first-order valence-electron chi connectivity index (χ1n) is 6.57. The normalized spacial score (nSPS) is 15.8. The van der Waals surface area contributed by atoms with E-state index < -0.39 is 30.6 Å². The van der Waals surface area contributed by atoms with Crippen LogP contribution in [-0.2, 0) is 14.3 Å². The van der Waals surface area contributed by atoms with Crippen molar-refractivity contribution in [2.45, 2.75) is 24.7 Å². The Morgan fingerprint density at radius 2 is 2.04 bits per heavy atom. The molecule has 11 heteroatoms. The number of aliphatic hydroxyl groups is 4. The molecular weight excluding hydrogens is 326 g/mol. The number of rotatable bonds is 4. The first-order chi connectivity index (χ1) is 11.3. The third-order valence-electron chi connectivity index (χ3n) is 2.35. The monoisotopic (exact) mass is 345 g/mol. The topological polar surface area (TPSA) is 196 Å². The summed E-state index contributed by atoms with van der Waals surface area (Å²) in [5.74, 6) is 0.181. The van der Waals surface area contributed by atoms with Crippen molar-refractivity contribution in [3.8, 4) is 0 Å². The molecule has 2 rings (SSSR count). The van der Waals surface area contributed by atoms with Gasteiger partial charge in [0, 0.05) is 6.20 Å². The maximum atomic E-state index is 10.2. The van der Waals surface area contributed by atoms with Crippen molar-refractivity contribution in [3.05, 3.63) is 35.1 Å². The van der Waals surface area contributed by atoms with E-state index in [9.17, 15) is 14.4 Å². The van der Waals surface area contributed by atoms with Gasteiger partial charge in [-0.15, -0.1) is 0 Å². The molecule has 1 aliphatic rings. The average Bonchev–Trinajstić information content (AvgIpc) is 3.04. The van der Waals surface area contributed by atoms with Crippen LogP contribution in [0.4, 0.5) is 5.82 Å². The van der Waals surface area contributed by atoms with Gasteiger partial charge in [0.2, 0.25) is 0 Å². The number of carbonyl (C=O) groups is 2. The number of nitrogen functional groups attached to an aromatic ring is 1. The van der Waals surface area contributed by atoms with Crippen LogP contribution in [0, 0.1) is 0 Å². The molecule has 0 aromatic carbocycles. The maximum absolute atomic E-state index is 10.2.